The van der Waals surface area contributed by atoms with Crippen LogP contribution in [0.15, 0.2) is 53.1 Å². The molecule has 3 rings (SSSR count). The lowest BCUT2D eigenvalue weighted by atomic mass is 10.1. The lowest BCUT2D eigenvalue weighted by molar-refractivity contribution is -0.886. The maximum Gasteiger partial charge on any atom is 0.279 e. The van der Waals surface area contributed by atoms with Gasteiger partial charge in [0.15, 0.2) is 18.8 Å². The molecule has 140 valence electrons. The number of anilines is 1. The van der Waals surface area contributed by atoms with E-state index in [4.69, 9.17) is 4.42 Å². The second-order valence-electron chi connectivity index (χ2n) is 7.12. The summed E-state index contributed by atoms with van der Waals surface area (Å²) in [5, 5.41) is 3.04. The minimum atomic E-state index is -0.0163. The van der Waals surface area contributed by atoms with Crippen LogP contribution >= 0.6 is 0 Å². The van der Waals surface area contributed by atoms with Crippen LogP contribution in [0.2, 0.25) is 0 Å². The van der Waals surface area contributed by atoms with Crippen LogP contribution in [0.5, 0.6) is 0 Å². The smallest absolute Gasteiger partial charge is 0.279 e. The Morgan fingerprint density at radius 1 is 1.11 bits per heavy atom. The summed E-state index contributed by atoms with van der Waals surface area (Å²) < 4.78 is 5.83. The fourth-order valence-corrected chi connectivity index (χ4v) is 3.28. The van der Waals surface area contributed by atoms with Gasteiger partial charge in [0.2, 0.25) is 0 Å². The van der Waals surface area contributed by atoms with Gasteiger partial charge in [0, 0.05) is 11.3 Å². The van der Waals surface area contributed by atoms with Crippen molar-refractivity contribution < 1.29 is 14.1 Å². The van der Waals surface area contributed by atoms with Crippen LogP contribution in [0.3, 0.4) is 0 Å². The van der Waals surface area contributed by atoms with Crippen LogP contribution in [-0.2, 0) is 11.3 Å². The van der Waals surface area contributed by atoms with Crippen LogP contribution in [-0.4, -0.2) is 24.5 Å². The third-order valence-corrected chi connectivity index (χ3v) is 4.47. The third-order valence-electron chi connectivity index (χ3n) is 4.47. The van der Waals surface area contributed by atoms with Gasteiger partial charge in [-0.15, -0.1) is 0 Å². The van der Waals surface area contributed by atoms with Gasteiger partial charge in [0.1, 0.15) is 0 Å². The number of amides is 1. The van der Waals surface area contributed by atoms with E-state index in [0.717, 1.165) is 33.0 Å². The number of quaternary nitrogens is 1. The monoisotopic (exact) mass is 364 g/mol. The highest BCUT2D eigenvalue weighted by Gasteiger charge is 2.16. The predicted molar refractivity (Wildman–Crippen MR) is 107 cm³/mol. The topological polar surface area (TPSA) is 59.6 Å². The SMILES string of the molecule is Cc1cc(C)c(NC(=O)C[NH+](C)Cc2ncc(-c3ccccc3)o2)c(C)c1. The van der Waals surface area contributed by atoms with Crippen LogP contribution in [0.4, 0.5) is 5.69 Å². The molecule has 0 saturated carbocycles. The number of nitrogens with zero attached hydrogens (tertiary/aromatic N) is 1. The predicted octanol–water partition coefficient (Wildman–Crippen LogP) is 2.92. The number of hydrogen-bond donors (Lipinski definition) is 2. The average molecular weight is 364 g/mol. The lowest BCUT2D eigenvalue weighted by Crippen LogP contribution is -3.08. The van der Waals surface area contributed by atoms with E-state index in [1.54, 1.807) is 6.20 Å². The average Bonchev–Trinajstić information content (AvgIpc) is 3.07. The first-order chi connectivity index (χ1) is 12.9. The molecule has 5 heteroatoms. The molecule has 1 unspecified atom stereocenters. The van der Waals surface area contributed by atoms with E-state index in [2.05, 4.69) is 29.4 Å². The van der Waals surface area contributed by atoms with Crippen LogP contribution in [0.1, 0.15) is 22.6 Å². The zero-order chi connectivity index (χ0) is 19.4. The third kappa shape index (κ3) is 4.83. The Morgan fingerprint density at radius 3 is 2.44 bits per heavy atom. The number of likely N-dealkylation sites (N-methyl/N-ethyl adjacent to an activating group) is 1. The molecule has 0 saturated heterocycles. The summed E-state index contributed by atoms with van der Waals surface area (Å²) in [7, 11) is 1.96. The Morgan fingerprint density at radius 2 is 1.78 bits per heavy atom. The van der Waals surface area contributed by atoms with Gasteiger partial charge in [-0.2, -0.15) is 0 Å². The Bertz CT molecular complexity index is 909. The van der Waals surface area contributed by atoms with Crippen molar-refractivity contribution in [3.8, 4) is 11.3 Å². The molecule has 3 aromatic rings. The molecule has 2 aromatic carbocycles. The molecule has 1 aromatic heterocycles. The molecular weight excluding hydrogens is 338 g/mol. The van der Waals surface area contributed by atoms with Crippen LogP contribution < -0.4 is 10.2 Å². The summed E-state index contributed by atoms with van der Waals surface area (Å²) in [4.78, 5) is 17.8. The van der Waals surface area contributed by atoms with Crippen molar-refractivity contribution in [2.45, 2.75) is 27.3 Å². The van der Waals surface area contributed by atoms with E-state index in [1.165, 1.54) is 5.56 Å². The molecule has 1 atom stereocenters. The zero-order valence-electron chi connectivity index (χ0n) is 16.3. The molecule has 0 spiro atoms. The van der Waals surface area contributed by atoms with Gasteiger partial charge in [-0.25, -0.2) is 4.98 Å². The van der Waals surface area contributed by atoms with Crippen molar-refractivity contribution in [1.29, 1.82) is 0 Å². The van der Waals surface area contributed by atoms with Crippen molar-refractivity contribution in [1.82, 2.24) is 4.98 Å². The molecule has 27 heavy (non-hydrogen) atoms. The van der Waals surface area contributed by atoms with Gasteiger partial charge in [0.25, 0.3) is 11.8 Å². The summed E-state index contributed by atoms with van der Waals surface area (Å²) in [6.07, 6.45) is 1.73. The Kier molecular flexibility index (Phi) is 5.72. The van der Waals surface area contributed by atoms with E-state index >= 15 is 0 Å². The molecule has 1 amide bonds. The summed E-state index contributed by atoms with van der Waals surface area (Å²) in [5.74, 6) is 1.35. The molecule has 1 heterocycles. The Labute approximate surface area is 160 Å². The van der Waals surface area contributed by atoms with Crippen molar-refractivity contribution in [3.05, 3.63) is 71.2 Å². The van der Waals surface area contributed by atoms with Crippen LogP contribution in [0.25, 0.3) is 11.3 Å². The van der Waals surface area contributed by atoms with Crippen LogP contribution in [0, 0.1) is 20.8 Å². The number of oxazole rings is 1. The molecule has 0 aliphatic rings. The number of aromatic nitrogens is 1. The minimum Gasteiger partial charge on any atom is -0.435 e. The molecule has 0 radical (unpaired) electrons. The molecule has 2 N–H and O–H groups in total. The van der Waals surface area contributed by atoms with Gasteiger partial charge in [-0.1, -0.05) is 48.0 Å². The fourth-order valence-electron chi connectivity index (χ4n) is 3.28. The first-order valence-corrected chi connectivity index (χ1v) is 9.11. The number of aryl methyl sites for hydroxylation is 3. The Hall–Kier alpha value is -2.92. The molecule has 0 aliphatic carbocycles. The maximum absolute atomic E-state index is 12.4. The molecular formula is C22H26N3O2+. The lowest BCUT2D eigenvalue weighted by Gasteiger charge is -2.15. The molecule has 0 aliphatic heterocycles. The van der Waals surface area contributed by atoms with Gasteiger partial charge in [-0.05, 0) is 31.9 Å². The fraction of sp³-hybridized carbons (Fsp3) is 0.273. The number of carbonyl (C=O) groups excluding carboxylic acids is 1. The van der Waals surface area contributed by atoms with E-state index < -0.39 is 0 Å². The summed E-state index contributed by atoms with van der Waals surface area (Å²) in [6, 6.07) is 14.0. The largest absolute Gasteiger partial charge is 0.435 e. The molecule has 0 fully saturated rings. The van der Waals surface area contributed by atoms with E-state index in [0.29, 0.717) is 19.0 Å². The number of benzene rings is 2. The van der Waals surface area contributed by atoms with Gasteiger partial charge in [0.05, 0.1) is 13.2 Å². The quantitative estimate of drug-likeness (QED) is 0.707. The zero-order valence-corrected chi connectivity index (χ0v) is 16.3. The van der Waals surface area contributed by atoms with Gasteiger partial charge >= 0.3 is 0 Å². The summed E-state index contributed by atoms with van der Waals surface area (Å²) in [6.45, 7) is 6.99. The van der Waals surface area contributed by atoms with Crippen molar-refractivity contribution in [2.75, 3.05) is 18.9 Å². The van der Waals surface area contributed by atoms with E-state index in [9.17, 15) is 4.79 Å². The minimum absolute atomic E-state index is 0.0163. The highest BCUT2D eigenvalue weighted by molar-refractivity contribution is 5.93. The number of rotatable bonds is 6. The Balaban J connectivity index is 1.59. The van der Waals surface area contributed by atoms with E-state index in [1.807, 2.05) is 51.2 Å². The summed E-state index contributed by atoms with van der Waals surface area (Å²) >= 11 is 0. The van der Waals surface area contributed by atoms with Crippen molar-refractivity contribution in [3.63, 3.8) is 0 Å². The van der Waals surface area contributed by atoms with Gasteiger partial charge < -0.3 is 14.6 Å². The number of carbonyl (C=O) groups is 1. The number of hydrogen-bond acceptors (Lipinski definition) is 3. The molecule has 5 nitrogen and oxygen atoms in total. The highest BCUT2D eigenvalue weighted by atomic mass is 16.4. The maximum atomic E-state index is 12.4. The number of nitrogens with one attached hydrogen (secondary N) is 2. The second-order valence-corrected chi connectivity index (χ2v) is 7.12. The van der Waals surface area contributed by atoms with E-state index in [-0.39, 0.29) is 5.91 Å². The highest BCUT2D eigenvalue weighted by Crippen LogP contribution is 2.22. The van der Waals surface area contributed by atoms with Crippen molar-refractivity contribution in [2.24, 2.45) is 0 Å². The normalized spacial score (nSPS) is 12.0. The summed E-state index contributed by atoms with van der Waals surface area (Å²) in [5.41, 5.74) is 5.26. The first kappa shape index (κ1) is 18.9. The second kappa shape index (κ2) is 8.18. The standard InChI is InChI=1S/C22H25N3O2/c1-15-10-16(2)22(17(3)11-15)24-20(26)13-25(4)14-21-23-12-19(27-21)18-8-6-5-7-9-18/h5-12H,13-14H2,1-4H3,(H,24,26)/p+1. The van der Waals surface area contributed by atoms with Gasteiger partial charge in [-0.3, -0.25) is 4.79 Å². The molecule has 0 bridgehead atoms. The first-order valence-electron chi connectivity index (χ1n) is 9.11. The van der Waals surface area contributed by atoms with Crippen molar-refractivity contribution >= 4 is 11.6 Å².